The first-order valence-electron chi connectivity index (χ1n) is 6.99. The van der Waals surface area contributed by atoms with Crippen molar-refractivity contribution < 1.29 is 9.18 Å². The van der Waals surface area contributed by atoms with E-state index in [4.69, 9.17) is 11.6 Å². The van der Waals surface area contributed by atoms with Gasteiger partial charge in [0, 0.05) is 19.1 Å². The largest absolute Gasteiger partial charge is 0.351 e. The highest BCUT2D eigenvalue weighted by molar-refractivity contribution is 6.30. The molecule has 0 aliphatic carbocycles. The Kier molecular flexibility index (Phi) is 4.34. The number of tetrazole rings is 1. The fourth-order valence-corrected chi connectivity index (χ4v) is 2.25. The molecule has 1 aromatic carbocycles. The molecular formula is C13H10ClFN8O3. The Morgan fingerprint density at radius 2 is 1.96 bits per heavy atom. The molecule has 3 aromatic rings. The highest BCUT2D eigenvalue weighted by atomic mass is 35.5. The number of aryl methyl sites for hydroxylation is 2. The van der Waals surface area contributed by atoms with Crippen LogP contribution in [0.5, 0.6) is 0 Å². The van der Waals surface area contributed by atoms with Gasteiger partial charge in [0.2, 0.25) is 11.6 Å². The average molecular weight is 381 g/mol. The number of halogens is 2. The van der Waals surface area contributed by atoms with Gasteiger partial charge in [-0.2, -0.15) is 5.10 Å². The van der Waals surface area contributed by atoms with Gasteiger partial charge >= 0.3 is 5.69 Å². The fraction of sp³-hybridized carbons (Fsp3) is 0.154. The Hall–Kier alpha value is -3.41. The summed E-state index contributed by atoms with van der Waals surface area (Å²) < 4.78 is 16.5. The Labute approximate surface area is 148 Å². The van der Waals surface area contributed by atoms with Crippen molar-refractivity contribution in [2.45, 2.75) is 0 Å². The van der Waals surface area contributed by atoms with E-state index < -0.39 is 34.4 Å². The lowest BCUT2D eigenvalue weighted by atomic mass is 10.3. The number of rotatable bonds is 3. The number of carbonyl (C=O) groups is 1. The number of hydrogen-bond acceptors (Lipinski definition) is 7. The number of benzene rings is 1. The van der Waals surface area contributed by atoms with Crippen molar-refractivity contribution in [2.75, 3.05) is 5.32 Å². The molecule has 1 amide bonds. The molecule has 2 heterocycles. The quantitative estimate of drug-likeness (QED) is 0.648. The number of anilines is 1. The summed E-state index contributed by atoms with van der Waals surface area (Å²) in [6.45, 7) is 0. The lowest BCUT2D eigenvalue weighted by Gasteiger charge is -2.10. The van der Waals surface area contributed by atoms with Crippen LogP contribution in [-0.4, -0.2) is 40.5 Å². The summed E-state index contributed by atoms with van der Waals surface area (Å²) in [5.74, 6) is -1.89. The van der Waals surface area contributed by atoms with Crippen LogP contribution in [0, 0.1) is 5.82 Å². The van der Waals surface area contributed by atoms with Gasteiger partial charge in [0.15, 0.2) is 0 Å². The summed E-state index contributed by atoms with van der Waals surface area (Å²) in [5, 5.41) is 16.4. The number of aromatic nitrogens is 7. The zero-order chi connectivity index (χ0) is 19.0. The van der Waals surface area contributed by atoms with Crippen LogP contribution < -0.4 is 16.6 Å². The zero-order valence-electron chi connectivity index (χ0n) is 13.3. The van der Waals surface area contributed by atoms with Gasteiger partial charge < -0.3 is 0 Å². The molecular weight excluding hydrogens is 371 g/mol. The molecule has 13 heteroatoms. The van der Waals surface area contributed by atoms with Crippen LogP contribution in [0.2, 0.25) is 5.02 Å². The molecule has 0 atom stereocenters. The monoisotopic (exact) mass is 380 g/mol. The highest BCUT2D eigenvalue weighted by Gasteiger charge is 2.22. The second kappa shape index (κ2) is 6.48. The van der Waals surface area contributed by atoms with Gasteiger partial charge in [-0.3, -0.25) is 14.9 Å². The third kappa shape index (κ3) is 2.97. The second-order valence-corrected chi connectivity index (χ2v) is 5.51. The van der Waals surface area contributed by atoms with Crippen molar-refractivity contribution in [1.82, 2.24) is 34.6 Å². The van der Waals surface area contributed by atoms with Crippen LogP contribution in [0.3, 0.4) is 0 Å². The molecule has 11 nitrogen and oxygen atoms in total. The molecule has 0 fully saturated rings. The summed E-state index contributed by atoms with van der Waals surface area (Å²) in [4.78, 5) is 37.3. The Balaban J connectivity index is 2.18. The minimum Gasteiger partial charge on any atom is -0.288 e. The molecule has 0 aliphatic rings. The van der Waals surface area contributed by atoms with E-state index in [2.05, 4.69) is 25.9 Å². The highest BCUT2D eigenvalue weighted by Crippen LogP contribution is 2.16. The number of carbonyl (C=O) groups excluding carboxylic acids is 1. The molecule has 2 aromatic heterocycles. The topological polar surface area (TPSA) is 130 Å². The Morgan fingerprint density at radius 1 is 1.23 bits per heavy atom. The van der Waals surface area contributed by atoms with E-state index in [0.717, 1.165) is 21.5 Å². The maximum atomic E-state index is 14.1. The molecule has 0 unspecified atom stereocenters. The third-order valence-electron chi connectivity index (χ3n) is 3.33. The molecule has 0 saturated heterocycles. The smallest absolute Gasteiger partial charge is 0.288 e. The second-order valence-electron chi connectivity index (χ2n) is 5.07. The van der Waals surface area contributed by atoms with Gasteiger partial charge in [-0.05, 0) is 28.6 Å². The van der Waals surface area contributed by atoms with E-state index in [1.54, 1.807) is 0 Å². The van der Waals surface area contributed by atoms with Crippen molar-refractivity contribution in [1.29, 1.82) is 0 Å². The number of nitrogens with one attached hydrogen (secondary N) is 1. The van der Waals surface area contributed by atoms with Gasteiger partial charge in [-0.1, -0.05) is 16.7 Å². The van der Waals surface area contributed by atoms with Crippen molar-refractivity contribution in [3.05, 3.63) is 55.6 Å². The molecule has 26 heavy (non-hydrogen) atoms. The normalized spacial score (nSPS) is 10.8. The number of hydrogen-bond donors (Lipinski definition) is 1. The van der Waals surface area contributed by atoms with E-state index in [1.165, 1.54) is 20.2 Å². The van der Waals surface area contributed by atoms with Crippen molar-refractivity contribution in [3.8, 4) is 5.69 Å². The average Bonchev–Trinajstić information content (AvgIpc) is 2.99. The van der Waals surface area contributed by atoms with Gasteiger partial charge in [-0.15, -0.1) is 0 Å². The first-order valence-corrected chi connectivity index (χ1v) is 7.37. The predicted octanol–water partition coefficient (Wildman–Crippen LogP) is -0.501. The van der Waals surface area contributed by atoms with Gasteiger partial charge in [0.1, 0.15) is 5.82 Å². The van der Waals surface area contributed by atoms with Crippen molar-refractivity contribution in [3.63, 3.8) is 0 Å². The molecule has 1 N–H and O–H groups in total. The third-order valence-corrected chi connectivity index (χ3v) is 3.57. The van der Waals surface area contributed by atoms with Crippen LogP contribution in [0.15, 0.2) is 27.8 Å². The summed E-state index contributed by atoms with van der Waals surface area (Å²) in [5.41, 5.74) is -3.13. The lowest BCUT2D eigenvalue weighted by molar-refractivity contribution is 0.101. The molecule has 134 valence electrons. The first-order chi connectivity index (χ1) is 12.3. The Morgan fingerprint density at radius 3 is 2.62 bits per heavy atom. The maximum Gasteiger partial charge on any atom is 0.351 e. The van der Waals surface area contributed by atoms with Crippen LogP contribution in [0.4, 0.5) is 10.3 Å². The van der Waals surface area contributed by atoms with Crippen LogP contribution in [-0.2, 0) is 14.1 Å². The SMILES string of the molecule is Cn1nnnc1NC(=O)c1nn(C)c(=O)n(-c2cc(Cl)ccc2F)c1=O. The molecule has 3 rings (SSSR count). The molecule has 0 spiro atoms. The summed E-state index contributed by atoms with van der Waals surface area (Å²) in [7, 11) is 2.67. The van der Waals surface area contributed by atoms with Crippen molar-refractivity contribution >= 4 is 23.5 Å². The van der Waals surface area contributed by atoms with Gasteiger partial charge in [-0.25, -0.2) is 23.1 Å². The molecule has 0 bridgehead atoms. The molecule has 0 radical (unpaired) electrons. The fourth-order valence-electron chi connectivity index (χ4n) is 2.08. The van der Waals surface area contributed by atoms with E-state index in [9.17, 15) is 18.8 Å². The van der Waals surface area contributed by atoms with Crippen LogP contribution in [0.25, 0.3) is 5.69 Å². The molecule has 0 saturated carbocycles. The van der Waals surface area contributed by atoms with E-state index in [0.29, 0.717) is 4.57 Å². The Bertz CT molecular complexity index is 1140. The van der Waals surface area contributed by atoms with Gasteiger partial charge in [0.25, 0.3) is 11.5 Å². The van der Waals surface area contributed by atoms with Crippen LogP contribution >= 0.6 is 11.6 Å². The minimum absolute atomic E-state index is 0.0504. The number of amides is 1. The maximum absolute atomic E-state index is 14.1. The van der Waals surface area contributed by atoms with E-state index in [-0.39, 0.29) is 11.0 Å². The molecule has 0 aliphatic heterocycles. The van der Waals surface area contributed by atoms with E-state index >= 15 is 0 Å². The standard InChI is InChI=1S/C13H10ClFN8O3/c1-21-12(17-19-20-21)16-10(24)9-11(25)23(13(26)22(2)18-9)8-5-6(14)3-4-7(8)15/h3-5H,1-2H3,(H,16,17,20,24). The summed E-state index contributed by atoms with van der Waals surface area (Å²) in [6.07, 6.45) is 0. The minimum atomic E-state index is -1.12. The predicted molar refractivity (Wildman–Crippen MR) is 86.8 cm³/mol. The zero-order valence-corrected chi connectivity index (χ0v) is 14.1. The van der Waals surface area contributed by atoms with Crippen molar-refractivity contribution in [2.24, 2.45) is 14.1 Å². The lowest BCUT2D eigenvalue weighted by Crippen LogP contribution is -2.44. The first kappa shape index (κ1) is 17.4. The summed E-state index contributed by atoms with van der Waals surface area (Å²) in [6, 6.07) is 3.34. The summed E-state index contributed by atoms with van der Waals surface area (Å²) >= 11 is 5.82. The van der Waals surface area contributed by atoms with Gasteiger partial charge in [0.05, 0.1) is 5.69 Å². The van der Waals surface area contributed by atoms with E-state index in [1.807, 2.05) is 0 Å². The van der Waals surface area contributed by atoms with Crippen LogP contribution in [0.1, 0.15) is 10.5 Å². The number of nitrogens with zero attached hydrogens (tertiary/aromatic N) is 7.